The van der Waals surface area contributed by atoms with Crippen LogP contribution >= 0.6 is 0 Å². The number of rotatable bonds is 4. The highest BCUT2D eigenvalue weighted by Crippen LogP contribution is 2.17. The molecule has 2 heterocycles. The van der Waals surface area contributed by atoms with Crippen molar-refractivity contribution in [1.29, 1.82) is 0 Å². The van der Waals surface area contributed by atoms with Crippen LogP contribution in [0, 0.1) is 6.92 Å². The molecule has 1 aliphatic rings. The molecule has 0 aliphatic carbocycles. The fourth-order valence-electron chi connectivity index (χ4n) is 2.19. The summed E-state index contributed by atoms with van der Waals surface area (Å²) in [5.74, 6) is 0.996. The van der Waals surface area contributed by atoms with Gasteiger partial charge in [-0.15, -0.1) is 0 Å². The maximum atomic E-state index is 5.64. The van der Waals surface area contributed by atoms with Gasteiger partial charge in [0.25, 0.3) is 0 Å². The van der Waals surface area contributed by atoms with Gasteiger partial charge >= 0.3 is 0 Å². The van der Waals surface area contributed by atoms with Crippen LogP contribution in [-0.2, 0) is 11.3 Å². The van der Waals surface area contributed by atoms with E-state index >= 15 is 0 Å². The smallest absolute Gasteiger partial charge is 0.128 e. The summed E-state index contributed by atoms with van der Waals surface area (Å²) in [6.07, 6.45) is 2.69. The molecule has 17 heavy (non-hydrogen) atoms. The molecule has 0 bridgehead atoms. The lowest BCUT2D eigenvalue weighted by Gasteiger charge is -2.22. The lowest BCUT2D eigenvalue weighted by molar-refractivity contribution is 0.116. The van der Waals surface area contributed by atoms with E-state index in [-0.39, 0.29) is 0 Å². The Morgan fingerprint density at radius 2 is 2.35 bits per heavy atom. The quantitative estimate of drug-likeness (QED) is 0.858. The summed E-state index contributed by atoms with van der Waals surface area (Å²) in [7, 11) is 2.06. The molecule has 0 aromatic carbocycles. The first-order valence-corrected chi connectivity index (χ1v) is 6.20. The third-order valence-electron chi connectivity index (χ3n) is 3.29. The maximum absolute atomic E-state index is 5.64. The Bertz CT molecular complexity index is 375. The van der Waals surface area contributed by atoms with Crippen LogP contribution in [-0.4, -0.2) is 31.3 Å². The summed E-state index contributed by atoms with van der Waals surface area (Å²) in [6.45, 7) is 4.37. The van der Waals surface area contributed by atoms with E-state index in [1.54, 1.807) is 0 Å². The number of aromatic nitrogens is 1. The average Bonchev–Trinajstić information content (AvgIpc) is 2.81. The third kappa shape index (κ3) is 2.96. The molecule has 1 aromatic rings. The van der Waals surface area contributed by atoms with Gasteiger partial charge in [-0.3, -0.25) is 0 Å². The second-order valence-corrected chi connectivity index (χ2v) is 4.63. The number of hydrogen-bond donors (Lipinski definition) is 1. The van der Waals surface area contributed by atoms with E-state index in [2.05, 4.69) is 23.0 Å². The van der Waals surface area contributed by atoms with Crippen LogP contribution in [0.3, 0.4) is 0 Å². The maximum Gasteiger partial charge on any atom is 0.128 e. The van der Waals surface area contributed by atoms with Crippen molar-refractivity contribution < 1.29 is 4.74 Å². The summed E-state index contributed by atoms with van der Waals surface area (Å²) >= 11 is 0. The van der Waals surface area contributed by atoms with Gasteiger partial charge in [-0.25, -0.2) is 4.98 Å². The van der Waals surface area contributed by atoms with E-state index in [1.807, 2.05) is 13.0 Å². The minimum Gasteiger partial charge on any atom is -0.376 e. The van der Waals surface area contributed by atoms with Gasteiger partial charge in [-0.1, -0.05) is 6.07 Å². The van der Waals surface area contributed by atoms with E-state index < -0.39 is 0 Å². The van der Waals surface area contributed by atoms with E-state index in [1.165, 1.54) is 6.42 Å². The average molecular weight is 235 g/mol. The number of nitrogens with zero attached hydrogens (tertiary/aromatic N) is 2. The molecule has 94 valence electrons. The summed E-state index contributed by atoms with van der Waals surface area (Å²) in [5, 5.41) is 0. The highest BCUT2D eigenvalue weighted by atomic mass is 16.5. The highest BCUT2D eigenvalue weighted by Gasteiger charge is 2.18. The van der Waals surface area contributed by atoms with Gasteiger partial charge in [0.1, 0.15) is 5.82 Å². The molecule has 1 aliphatic heterocycles. The van der Waals surface area contributed by atoms with Crippen molar-refractivity contribution in [2.45, 2.75) is 32.4 Å². The van der Waals surface area contributed by atoms with Crippen LogP contribution in [0.1, 0.15) is 24.1 Å². The molecule has 4 nitrogen and oxygen atoms in total. The first-order valence-electron chi connectivity index (χ1n) is 6.20. The molecule has 1 atom stereocenters. The molecule has 4 heteroatoms. The SMILES string of the molecule is Cc1nc(N(C)CC2CCCO2)ccc1CN. The Balaban J connectivity index is 2.02. The van der Waals surface area contributed by atoms with Gasteiger partial charge in [0.15, 0.2) is 0 Å². The predicted molar refractivity (Wildman–Crippen MR) is 69.1 cm³/mol. The highest BCUT2D eigenvalue weighted by molar-refractivity contribution is 5.41. The Kier molecular flexibility index (Phi) is 3.97. The molecule has 1 unspecified atom stereocenters. The Hall–Kier alpha value is -1.13. The number of aryl methyl sites for hydroxylation is 1. The van der Waals surface area contributed by atoms with Crippen molar-refractivity contribution in [1.82, 2.24) is 4.98 Å². The van der Waals surface area contributed by atoms with Gasteiger partial charge in [-0.05, 0) is 31.4 Å². The van der Waals surface area contributed by atoms with Crippen molar-refractivity contribution in [3.63, 3.8) is 0 Å². The molecular formula is C13H21N3O. The van der Waals surface area contributed by atoms with Crippen molar-refractivity contribution >= 4 is 5.82 Å². The Labute approximate surface area is 103 Å². The summed E-state index contributed by atoms with van der Waals surface area (Å²) in [4.78, 5) is 6.73. The molecule has 2 N–H and O–H groups in total. The van der Waals surface area contributed by atoms with Crippen LogP contribution in [0.2, 0.25) is 0 Å². The zero-order valence-electron chi connectivity index (χ0n) is 10.6. The fourth-order valence-corrected chi connectivity index (χ4v) is 2.19. The molecule has 1 saturated heterocycles. The minimum atomic E-state index is 0.358. The van der Waals surface area contributed by atoms with Crippen molar-refractivity contribution in [2.75, 3.05) is 25.1 Å². The Morgan fingerprint density at radius 3 is 2.94 bits per heavy atom. The van der Waals surface area contributed by atoms with Crippen molar-refractivity contribution in [3.8, 4) is 0 Å². The molecular weight excluding hydrogens is 214 g/mol. The molecule has 0 saturated carbocycles. The van der Waals surface area contributed by atoms with Gasteiger partial charge in [0.2, 0.25) is 0 Å². The second-order valence-electron chi connectivity index (χ2n) is 4.63. The van der Waals surface area contributed by atoms with Crippen molar-refractivity contribution in [2.24, 2.45) is 5.73 Å². The van der Waals surface area contributed by atoms with Crippen LogP contribution in [0.25, 0.3) is 0 Å². The lowest BCUT2D eigenvalue weighted by atomic mass is 10.2. The predicted octanol–water partition coefficient (Wildman–Crippen LogP) is 1.46. The van der Waals surface area contributed by atoms with E-state index in [9.17, 15) is 0 Å². The van der Waals surface area contributed by atoms with E-state index in [0.717, 1.165) is 36.6 Å². The summed E-state index contributed by atoms with van der Waals surface area (Å²) in [5.41, 5.74) is 7.76. The standard InChI is InChI=1S/C13H21N3O/c1-10-11(8-14)5-6-13(15-10)16(2)9-12-4-3-7-17-12/h5-6,12H,3-4,7-9,14H2,1-2H3. The van der Waals surface area contributed by atoms with Crippen LogP contribution in [0.15, 0.2) is 12.1 Å². The second kappa shape index (κ2) is 5.47. The number of anilines is 1. The molecule has 2 rings (SSSR count). The lowest BCUT2D eigenvalue weighted by Crippen LogP contribution is -2.29. The monoisotopic (exact) mass is 235 g/mol. The van der Waals surface area contributed by atoms with Crippen LogP contribution < -0.4 is 10.6 Å². The molecule has 0 radical (unpaired) electrons. The van der Waals surface area contributed by atoms with Crippen LogP contribution in [0.5, 0.6) is 0 Å². The number of likely N-dealkylation sites (N-methyl/N-ethyl adjacent to an activating group) is 1. The summed E-state index contributed by atoms with van der Waals surface area (Å²) < 4.78 is 5.63. The first-order chi connectivity index (χ1) is 8.20. The van der Waals surface area contributed by atoms with E-state index in [4.69, 9.17) is 10.5 Å². The normalized spacial score (nSPS) is 19.6. The number of hydrogen-bond acceptors (Lipinski definition) is 4. The minimum absolute atomic E-state index is 0.358. The molecule has 1 aromatic heterocycles. The third-order valence-corrected chi connectivity index (χ3v) is 3.29. The molecule has 0 amide bonds. The van der Waals surface area contributed by atoms with Crippen LogP contribution in [0.4, 0.5) is 5.82 Å². The van der Waals surface area contributed by atoms with E-state index in [0.29, 0.717) is 12.6 Å². The van der Waals surface area contributed by atoms with Gasteiger partial charge in [0, 0.05) is 32.4 Å². The number of pyridine rings is 1. The van der Waals surface area contributed by atoms with Gasteiger partial charge in [-0.2, -0.15) is 0 Å². The molecule has 0 spiro atoms. The molecule has 1 fully saturated rings. The Morgan fingerprint density at radius 1 is 1.53 bits per heavy atom. The van der Waals surface area contributed by atoms with Crippen molar-refractivity contribution in [3.05, 3.63) is 23.4 Å². The fraction of sp³-hybridized carbons (Fsp3) is 0.615. The topological polar surface area (TPSA) is 51.4 Å². The van der Waals surface area contributed by atoms with Gasteiger partial charge < -0.3 is 15.4 Å². The number of ether oxygens (including phenoxy) is 1. The zero-order chi connectivity index (χ0) is 12.3. The summed E-state index contributed by atoms with van der Waals surface area (Å²) in [6, 6.07) is 4.09. The zero-order valence-corrected chi connectivity index (χ0v) is 10.6. The number of nitrogens with two attached hydrogens (primary N) is 1. The first kappa shape index (κ1) is 12.3. The van der Waals surface area contributed by atoms with Gasteiger partial charge in [0.05, 0.1) is 6.10 Å². The largest absolute Gasteiger partial charge is 0.376 e.